The number of likely N-dealkylation sites (tertiary alicyclic amines) is 1. The smallest absolute Gasteiger partial charge is 0.286 e. The third kappa shape index (κ3) is 4.52. The number of aliphatic hydroxyl groups is 1. The number of piperidine rings is 1. The first-order valence-corrected chi connectivity index (χ1v) is 8.97. The van der Waals surface area contributed by atoms with Crippen LogP contribution >= 0.6 is 0 Å². The fourth-order valence-electron chi connectivity index (χ4n) is 3.32. The molecule has 0 bridgehead atoms. The van der Waals surface area contributed by atoms with Gasteiger partial charge in [0.25, 0.3) is 5.91 Å². The van der Waals surface area contributed by atoms with Crippen molar-refractivity contribution in [3.63, 3.8) is 0 Å². The molecule has 2 aromatic rings. The molecule has 1 aliphatic rings. The molecule has 0 saturated carbocycles. The van der Waals surface area contributed by atoms with Crippen LogP contribution in [0.5, 0.6) is 0 Å². The van der Waals surface area contributed by atoms with E-state index in [2.05, 4.69) is 5.32 Å². The topological polar surface area (TPSA) is 82.8 Å². The van der Waals surface area contributed by atoms with Crippen LogP contribution in [0.15, 0.2) is 53.1 Å². The maximum atomic E-state index is 12.3. The average molecular weight is 356 g/mol. The highest BCUT2D eigenvalue weighted by molar-refractivity contribution is 5.91. The van der Waals surface area contributed by atoms with Crippen molar-refractivity contribution in [2.75, 3.05) is 19.6 Å². The van der Waals surface area contributed by atoms with E-state index in [4.69, 9.17) is 4.42 Å². The van der Waals surface area contributed by atoms with Crippen molar-refractivity contribution in [3.8, 4) is 0 Å². The number of rotatable bonds is 6. The van der Waals surface area contributed by atoms with Crippen LogP contribution in [0, 0.1) is 5.92 Å². The van der Waals surface area contributed by atoms with Crippen LogP contribution in [0.4, 0.5) is 0 Å². The van der Waals surface area contributed by atoms with Gasteiger partial charge in [0, 0.05) is 26.1 Å². The summed E-state index contributed by atoms with van der Waals surface area (Å²) in [4.78, 5) is 25.9. The predicted molar refractivity (Wildman–Crippen MR) is 96.4 cm³/mol. The Morgan fingerprint density at radius 1 is 1.15 bits per heavy atom. The van der Waals surface area contributed by atoms with Gasteiger partial charge in [0.05, 0.1) is 12.4 Å². The Bertz CT molecular complexity index is 707. The van der Waals surface area contributed by atoms with E-state index in [0.29, 0.717) is 13.1 Å². The van der Waals surface area contributed by atoms with Crippen molar-refractivity contribution in [1.29, 1.82) is 0 Å². The van der Waals surface area contributed by atoms with E-state index in [-0.39, 0.29) is 36.5 Å². The summed E-state index contributed by atoms with van der Waals surface area (Å²) in [5.41, 5.74) is 0.929. The monoisotopic (exact) mass is 356 g/mol. The van der Waals surface area contributed by atoms with Crippen molar-refractivity contribution in [2.45, 2.75) is 25.4 Å². The predicted octanol–water partition coefficient (Wildman–Crippen LogP) is 2.37. The first-order valence-electron chi connectivity index (χ1n) is 8.97. The SMILES string of the molecule is O=C(NCCC(=O)N1CCC(C(O)c2ccccc2)CC1)c1ccco1. The summed E-state index contributed by atoms with van der Waals surface area (Å²) in [6.07, 6.45) is 2.77. The minimum Gasteiger partial charge on any atom is -0.459 e. The molecule has 1 aliphatic heterocycles. The van der Waals surface area contributed by atoms with Crippen molar-refractivity contribution < 1.29 is 19.1 Å². The quantitative estimate of drug-likeness (QED) is 0.832. The molecule has 6 heteroatoms. The minimum atomic E-state index is -0.485. The lowest BCUT2D eigenvalue weighted by atomic mass is 9.87. The van der Waals surface area contributed by atoms with Crippen molar-refractivity contribution in [3.05, 3.63) is 60.1 Å². The molecule has 0 aliphatic carbocycles. The third-order valence-electron chi connectivity index (χ3n) is 4.85. The maximum Gasteiger partial charge on any atom is 0.286 e. The van der Waals surface area contributed by atoms with Gasteiger partial charge in [-0.25, -0.2) is 0 Å². The lowest BCUT2D eigenvalue weighted by Crippen LogP contribution is -2.41. The number of carbonyl (C=O) groups excluding carboxylic acids is 2. The summed E-state index contributed by atoms with van der Waals surface area (Å²) >= 11 is 0. The fourth-order valence-corrected chi connectivity index (χ4v) is 3.32. The molecule has 0 radical (unpaired) electrons. The molecule has 3 rings (SSSR count). The van der Waals surface area contributed by atoms with E-state index in [1.165, 1.54) is 6.26 Å². The zero-order chi connectivity index (χ0) is 18.4. The molecule has 2 amide bonds. The molecule has 2 N–H and O–H groups in total. The number of nitrogens with zero attached hydrogens (tertiary/aromatic N) is 1. The molecule has 1 saturated heterocycles. The molecule has 1 atom stereocenters. The molecule has 2 heterocycles. The molecule has 1 aromatic carbocycles. The van der Waals surface area contributed by atoms with E-state index >= 15 is 0 Å². The summed E-state index contributed by atoms with van der Waals surface area (Å²) in [5.74, 6) is 0.123. The van der Waals surface area contributed by atoms with Gasteiger partial charge in [0.2, 0.25) is 5.91 Å². The number of nitrogens with one attached hydrogen (secondary N) is 1. The Labute approximate surface area is 152 Å². The first kappa shape index (κ1) is 18.2. The van der Waals surface area contributed by atoms with Gasteiger partial charge in [0.15, 0.2) is 5.76 Å². The van der Waals surface area contributed by atoms with Crippen LogP contribution in [0.3, 0.4) is 0 Å². The Morgan fingerprint density at radius 3 is 2.54 bits per heavy atom. The van der Waals surface area contributed by atoms with Crippen LogP contribution in [-0.4, -0.2) is 41.5 Å². The standard InChI is InChI=1S/C20H24N2O4/c23-18(8-11-21-20(25)17-7-4-14-26-17)22-12-9-16(10-13-22)19(24)15-5-2-1-3-6-15/h1-7,14,16,19,24H,8-13H2,(H,21,25). The Balaban J connectivity index is 1.40. The second kappa shape index (κ2) is 8.67. The number of aliphatic hydroxyl groups excluding tert-OH is 1. The van der Waals surface area contributed by atoms with E-state index in [0.717, 1.165) is 18.4 Å². The molecular weight excluding hydrogens is 332 g/mol. The zero-order valence-corrected chi connectivity index (χ0v) is 14.6. The largest absolute Gasteiger partial charge is 0.459 e. The number of hydrogen-bond acceptors (Lipinski definition) is 4. The summed E-state index contributed by atoms with van der Waals surface area (Å²) < 4.78 is 5.01. The third-order valence-corrected chi connectivity index (χ3v) is 4.85. The Hall–Kier alpha value is -2.60. The molecular formula is C20H24N2O4. The number of benzene rings is 1. The molecule has 26 heavy (non-hydrogen) atoms. The van der Waals surface area contributed by atoms with Crippen molar-refractivity contribution >= 4 is 11.8 Å². The van der Waals surface area contributed by atoms with E-state index < -0.39 is 6.10 Å². The van der Waals surface area contributed by atoms with Gasteiger partial charge < -0.3 is 19.7 Å². The number of hydrogen-bond donors (Lipinski definition) is 2. The van der Waals surface area contributed by atoms with E-state index in [1.54, 1.807) is 12.1 Å². The first-order chi connectivity index (χ1) is 12.6. The summed E-state index contributed by atoms with van der Waals surface area (Å²) in [7, 11) is 0. The normalized spacial score (nSPS) is 16.3. The summed E-state index contributed by atoms with van der Waals surface area (Å²) in [6, 6.07) is 12.9. The second-order valence-corrected chi connectivity index (χ2v) is 6.56. The van der Waals surface area contributed by atoms with Crippen LogP contribution in [-0.2, 0) is 4.79 Å². The summed E-state index contributed by atoms with van der Waals surface area (Å²) in [6.45, 7) is 1.56. The number of amides is 2. The highest BCUT2D eigenvalue weighted by atomic mass is 16.3. The van der Waals surface area contributed by atoms with Gasteiger partial charge in [-0.15, -0.1) is 0 Å². The van der Waals surface area contributed by atoms with Gasteiger partial charge >= 0.3 is 0 Å². The summed E-state index contributed by atoms with van der Waals surface area (Å²) in [5, 5.41) is 13.2. The zero-order valence-electron chi connectivity index (χ0n) is 14.6. The Kier molecular flexibility index (Phi) is 6.07. The van der Waals surface area contributed by atoms with Crippen LogP contribution < -0.4 is 5.32 Å². The lowest BCUT2D eigenvalue weighted by molar-refractivity contribution is -0.133. The molecule has 138 valence electrons. The van der Waals surface area contributed by atoms with Crippen molar-refractivity contribution in [1.82, 2.24) is 10.2 Å². The lowest BCUT2D eigenvalue weighted by Gasteiger charge is -2.34. The molecule has 1 aromatic heterocycles. The highest BCUT2D eigenvalue weighted by Gasteiger charge is 2.28. The average Bonchev–Trinajstić information content (AvgIpc) is 3.23. The molecule has 1 unspecified atom stereocenters. The minimum absolute atomic E-state index is 0.0254. The van der Waals surface area contributed by atoms with Gasteiger partial charge in [0.1, 0.15) is 0 Å². The number of carbonyl (C=O) groups is 2. The van der Waals surface area contributed by atoms with E-state index in [9.17, 15) is 14.7 Å². The van der Waals surface area contributed by atoms with Crippen LogP contribution in [0.25, 0.3) is 0 Å². The van der Waals surface area contributed by atoms with Gasteiger partial charge in [-0.3, -0.25) is 9.59 Å². The van der Waals surface area contributed by atoms with E-state index in [1.807, 2.05) is 35.2 Å². The maximum absolute atomic E-state index is 12.3. The Morgan fingerprint density at radius 2 is 1.88 bits per heavy atom. The van der Waals surface area contributed by atoms with Gasteiger partial charge in [-0.2, -0.15) is 0 Å². The highest BCUT2D eigenvalue weighted by Crippen LogP contribution is 2.30. The van der Waals surface area contributed by atoms with Gasteiger partial charge in [-0.05, 0) is 36.5 Å². The van der Waals surface area contributed by atoms with Crippen LogP contribution in [0.1, 0.15) is 41.5 Å². The van der Waals surface area contributed by atoms with Crippen molar-refractivity contribution in [2.24, 2.45) is 5.92 Å². The second-order valence-electron chi connectivity index (χ2n) is 6.56. The molecule has 0 spiro atoms. The molecule has 6 nitrogen and oxygen atoms in total. The van der Waals surface area contributed by atoms with Crippen LogP contribution in [0.2, 0.25) is 0 Å². The fraction of sp³-hybridized carbons (Fsp3) is 0.400. The molecule has 1 fully saturated rings. The number of furan rings is 1. The van der Waals surface area contributed by atoms with Gasteiger partial charge in [-0.1, -0.05) is 30.3 Å².